The summed E-state index contributed by atoms with van der Waals surface area (Å²) in [5, 5.41) is 3.77. The molecule has 1 aromatic carbocycles. The van der Waals surface area contributed by atoms with Crippen LogP contribution in [0.25, 0.3) is 0 Å². The van der Waals surface area contributed by atoms with Crippen molar-refractivity contribution in [2.45, 2.75) is 76.9 Å². The van der Waals surface area contributed by atoms with Crippen molar-refractivity contribution in [2.75, 3.05) is 6.54 Å². The number of nitrogens with one attached hydrogen (secondary N) is 1. The van der Waals surface area contributed by atoms with Crippen LogP contribution in [0, 0.1) is 6.92 Å². The second-order valence-electron chi connectivity index (χ2n) is 6.95. The summed E-state index contributed by atoms with van der Waals surface area (Å²) < 4.78 is 6.57. The number of hydrogen-bond donors (Lipinski definition) is 1. The molecule has 0 bridgehead atoms. The Bertz CT molecular complexity index is 474. The second-order valence-corrected chi connectivity index (χ2v) is 6.95. The third-order valence-corrected chi connectivity index (χ3v) is 5.10. The molecular formula is C19H29NO. The Labute approximate surface area is 129 Å². The van der Waals surface area contributed by atoms with Gasteiger partial charge in [-0.25, -0.2) is 0 Å². The molecule has 1 N–H and O–H groups in total. The number of fused-ring (bicyclic) bond motifs is 1. The molecule has 1 unspecified atom stereocenters. The molecule has 2 heteroatoms. The predicted molar refractivity (Wildman–Crippen MR) is 87.9 cm³/mol. The molecule has 0 amide bonds. The Morgan fingerprint density at radius 1 is 1.19 bits per heavy atom. The van der Waals surface area contributed by atoms with Crippen molar-refractivity contribution >= 4 is 0 Å². The smallest absolute Gasteiger partial charge is 0.124 e. The average molecular weight is 287 g/mol. The summed E-state index contributed by atoms with van der Waals surface area (Å²) in [7, 11) is 0. The lowest BCUT2D eigenvalue weighted by molar-refractivity contribution is 0.0161. The summed E-state index contributed by atoms with van der Waals surface area (Å²) in [6, 6.07) is 7.15. The van der Waals surface area contributed by atoms with Crippen LogP contribution in [0.5, 0.6) is 5.75 Å². The van der Waals surface area contributed by atoms with Gasteiger partial charge in [0.05, 0.1) is 0 Å². The maximum atomic E-state index is 6.57. The van der Waals surface area contributed by atoms with Crippen molar-refractivity contribution in [1.29, 1.82) is 0 Å². The van der Waals surface area contributed by atoms with Gasteiger partial charge in [0.2, 0.25) is 0 Å². The van der Waals surface area contributed by atoms with Crippen LogP contribution in [0.4, 0.5) is 0 Å². The average Bonchev–Trinajstić information content (AvgIpc) is 2.71. The molecule has 3 rings (SSSR count). The third kappa shape index (κ3) is 3.26. The second kappa shape index (κ2) is 6.39. The summed E-state index contributed by atoms with van der Waals surface area (Å²) in [5.41, 5.74) is 2.79. The van der Waals surface area contributed by atoms with E-state index in [1.165, 1.54) is 56.1 Å². The molecule has 1 aromatic rings. The number of rotatable bonds is 3. The first-order valence-corrected chi connectivity index (χ1v) is 8.75. The minimum atomic E-state index is 0.0875. The molecule has 0 radical (unpaired) electrons. The fourth-order valence-electron chi connectivity index (χ4n) is 3.97. The molecule has 1 atom stereocenters. The van der Waals surface area contributed by atoms with Gasteiger partial charge < -0.3 is 10.1 Å². The number of hydrogen-bond acceptors (Lipinski definition) is 2. The van der Waals surface area contributed by atoms with E-state index in [4.69, 9.17) is 4.74 Å². The highest BCUT2D eigenvalue weighted by Gasteiger charge is 2.40. The van der Waals surface area contributed by atoms with Crippen LogP contribution in [-0.4, -0.2) is 12.1 Å². The van der Waals surface area contributed by atoms with Crippen LogP contribution in [0.15, 0.2) is 18.2 Å². The van der Waals surface area contributed by atoms with E-state index in [1.54, 1.807) is 0 Å². The molecule has 1 fully saturated rings. The maximum Gasteiger partial charge on any atom is 0.124 e. The van der Waals surface area contributed by atoms with E-state index in [2.05, 4.69) is 37.4 Å². The van der Waals surface area contributed by atoms with E-state index in [1.807, 2.05) is 0 Å². The van der Waals surface area contributed by atoms with Crippen molar-refractivity contribution in [3.8, 4) is 5.75 Å². The van der Waals surface area contributed by atoms with Gasteiger partial charge in [-0.2, -0.15) is 0 Å². The lowest BCUT2D eigenvalue weighted by atomic mass is 9.81. The molecule has 21 heavy (non-hydrogen) atoms. The van der Waals surface area contributed by atoms with Crippen LogP contribution in [0.1, 0.15) is 75.5 Å². The molecular weight excluding hydrogens is 258 g/mol. The highest BCUT2D eigenvalue weighted by molar-refractivity contribution is 5.41. The summed E-state index contributed by atoms with van der Waals surface area (Å²) in [6.07, 6.45) is 10.2. The summed E-state index contributed by atoms with van der Waals surface area (Å²) >= 11 is 0. The van der Waals surface area contributed by atoms with Crippen LogP contribution in [0.2, 0.25) is 0 Å². The van der Waals surface area contributed by atoms with Crippen molar-refractivity contribution in [1.82, 2.24) is 5.32 Å². The zero-order valence-corrected chi connectivity index (χ0v) is 13.6. The Morgan fingerprint density at radius 3 is 2.67 bits per heavy atom. The summed E-state index contributed by atoms with van der Waals surface area (Å²) in [4.78, 5) is 0. The van der Waals surface area contributed by atoms with Crippen LogP contribution < -0.4 is 10.1 Å². The summed E-state index contributed by atoms with van der Waals surface area (Å²) in [6.45, 7) is 5.51. The van der Waals surface area contributed by atoms with Gasteiger partial charge >= 0.3 is 0 Å². The summed E-state index contributed by atoms with van der Waals surface area (Å²) in [5.74, 6) is 1.13. The van der Waals surface area contributed by atoms with Gasteiger partial charge in [0, 0.05) is 18.0 Å². The maximum absolute atomic E-state index is 6.57. The van der Waals surface area contributed by atoms with Gasteiger partial charge in [-0.3, -0.25) is 0 Å². The number of benzene rings is 1. The largest absolute Gasteiger partial charge is 0.487 e. The van der Waals surface area contributed by atoms with E-state index in [0.717, 1.165) is 18.7 Å². The molecule has 2 nitrogen and oxygen atoms in total. The molecule has 0 saturated heterocycles. The Morgan fingerprint density at radius 2 is 1.95 bits per heavy atom. The molecule has 0 aromatic heterocycles. The quantitative estimate of drug-likeness (QED) is 0.852. The molecule has 1 saturated carbocycles. The lowest BCUT2D eigenvalue weighted by Gasteiger charge is -2.42. The highest BCUT2D eigenvalue weighted by atomic mass is 16.5. The normalized spacial score (nSPS) is 24.2. The minimum absolute atomic E-state index is 0.0875. The Hall–Kier alpha value is -1.02. The Kier molecular flexibility index (Phi) is 4.54. The van der Waals surface area contributed by atoms with Crippen molar-refractivity contribution < 1.29 is 4.74 Å². The van der Waals surface area contributed by atoms with Crippen LogP contribution in [-0.2, 0) is 0 Å². The standard InChI is InChI=1S/C19H29NO/c1-3-12-20-17-14-19(10-6-4-5-7-11-19)21-18-9-8-15(2)13-16(17)18/h8-9,13,17,20H,3-7,10-12,14H2,1-2H3. The van der Waals surface area contributed by atoms with Gasteiger partial charge in [-0.05, 0) is 51.6 Å². The van der Waals surface area contributed by atoms with Gasteiger partial charge in [0.25, 0.3) is 0 Å². The van der Waals surface area contributed by atoms with E-state index in [-0.39, 0.29) is 5.60 Å². The number of aryl methyl sites for hydroxylation is 1. The monoisotopic (exact) mass is 287 g/mol. The van der Waals surface area contributed by atoms with E-state index >= 15 is 0 Å². The van der Waals surface area contributed by atoms with Crippen molar-refractivity contribution in [3.05, 3.63) is 29.3 Å². The third-order valence-electron chi connectivity index (χ3n) is 5.10. The highest BCUT2D eigenvalue weighted by Crippen LogP contribution is 2.45. The SMILES string of the molecule is CCCNC1CC2(CCCCCC2)Oc2ccc(C)cc21. The molecule has 116 valence electrons. The lowest BCUT2D eigenvalue weighted by Crippen LogP contribution is -2.44. The molecule has 1 spiro atoms. The topological polar surface area (TPSA) is 21.3 Å². The zero-order valence-electron chi connectivity index (χ0n) is 13.6. The minimum Gasteiger partial charge on any atom is -0.487 e. The van der Waals surface area contributed by atoms with E-state index in [9.17, 15) is 0 Å². The van der Waals surface area contributed by atoms with Crippen molar-refractivity contribution in [3.63, 3.8) is 0 Å². The van der Waals surface area contributed by atoms with Gasteiger partial charge in [-0.15, -0.1) is 0 Å². The van der Waals surface area contributed by atoms with Gasteiger partial charge in [0.15, 0.2) is 0 Å². The van der Waals surface area contributed by atoms with E-state index < -0.39 is 0 Å². The van der Waals surface area contributed by atoms with Gasteiger partial charge in [0.1, 0.15) is 11.4 Å². The van der Waals surface area contributed by atoms with E-state index in [0.29, 0.717) is 6.04 Å². The van der Waals surface area contributed by atoms with Crippen molar-refractivity contribution in [2.24, 2.45) is 0 Å². The molecule has 2 aliphatic rings. The fourth-order valence-corrected chi connectivity index (χ4v) is 3.97. The first-order valence-electron chi connectivity index (χ1n) is 8.75. The molecule has 1 aliphatic carbocycles. The zero-order chi connectivity index (χ0) is 14.7. The van der Waals surface area contributed by atoms with Gasteiger partial charge in [-0.1, -0.05) is 37.5 Å². The molecule has 1 heterocycles. The first-order chi connectivity index (χ1) is 10.2. The van der Waals surface area contributed by atoms with Crippen LogP contribution >= 0.6 is 0 Å². The van der Waals surface area contributed by atoms with Crippen LogP contribution in [0.3, 0.4) is 0 Å². The number of ether oxygens (including phenoxy) is 1. The fraction of sp³-hybridized carbons (Fsp3) is 0.684. The Balaban J connectivity index is 1.89. The first kappa shape index (κ1) is 14.9. The predicted octanol–water partition coefficient (Wildman–Crippen LogP) is 4.91. The molecule has 1 aliphatic heterocycles.